The van der Waals surface area contributed by atoms with Gasteiger partial charge in [-0.2, -0.15) is 0 Å². The van der Waals surface area contributed by atoms with E-state index in [0.29, 0.717) is 17.9 Å². The van der Waals surface area contributed by atoms with E-state index in [9.17, 15) is 9.59 Å². The number of nitrogens with two attached hydrogens (primary N) is 1. The van der Waals surface area contributed by atoms with Gasteiger partial charge in [0.15, 0.2) is 0 Å². The highest BCUT2D eigenvalue weighted by Crippen LogP contribution is 2.10. The fourth-order valence-corrected chi connectivity index (χ4v) is 1.32. The maximum atomic E-state index is 11.7. The lowest BCUT2D eigenvalue weighted by Gasteiger charge is -2.06. The quantitative estimate of drug-likeness (QED) is 0.648. The number of likely N-dealkylation sites (N-methyl/N-ethyl adjacent to an activating group) is 1. The lowest BCUT2D eigenvalue weighted by atomic mass is 10.3. The van der Waals surface area contributed by atoms with E-state index in [0.717, 1.165) is 0 Å². The van der Waals surface area contributed by atoms with Crippen LogP contribution < -0.4 is 16.4 Å². The number of nitrogens with one attached hydrogen (secondary N) is 2. The summed E-state index contributed by atoms with van der Waals surface area (Å²) in [7, 11) is 1.52. The standard InChI is InChI=1S/C10H16N4O2/c1-3-14-6-7(11)4-8(14)10(16)13-5-9(15)12-2/h4,6H,3,5,11H2,1-2H3,(H,12,15)(H,13,16). The van der Waals surface area contributed by atoms with Crippen molar-refractivity contribution in [2.75, 3.05) is 19.3 Å². The lowest BCUT2D eigenvalue weighted by Crippen LogP contribution is -2.35. The van der Waals surface area contributed by atoms with Gasteiger partial charge in [0, 0.05) is 19.8 Å². The Balaban J connectivity index is 2.68. The normalized spacial score (nSPS) is 9.88. The average molecular weight is 224 g/mol. The van der Waals surface area contributed by atoms with Crippen molar-refractivity contribution in [1.29, 1.82) is 0 Å². The maximum Gasteiger partial charge on any atom is 0.268 e. The Morgan fingerprint density at radius 3 is 2.75 bits per heavy atom. The van der Waals surface area contributed by atoms with Crippen molar-refractivity contribution in [2.45, 2.75) is 13.5 Å². The van der Waals surface area contributed by atoms with Crippen molar-refractivity contribution in [3.63, 3.8) is 0 Å². The molecule has 1 heterocycles. The zero-order valence-corrected chi connectivity index (χ0v) is 9.41. The van der Waals surface area contributed by atoms with Crippen LogP contribution in [-0.4, -0.2) is 30.0 Å². The van der Waals surface area contributed by atoms with Crippen molar-refractivity contribution in [1.82, 2.24) is 15.2 Å². The number of nitrogens with zero attached hydrogens (tertiary/aromatic N) is 1. The highest BCUT2D eigenvalue weighted by atomic mass is 16.2. The summed E-state index contributed by atoms with van der Waals surface area (Å²) < 4.78 is 1.73. The van der Waals surface area contributed by atoms with E-state index < -0.39 is 0 Å². The molecule has 0 aliphatic carbocycles. The second-order valence-electron chi connectivity index (χ2n) is 3.30. The monoisotopic (exact) mass is 224 g/mol. The van der Waals surface area contributed by atoms with E-state index in [4.69, 9.17) is 5.73 Å². The Bertz CT molecular complexity index is 398. The van der Waals surface area contributed by atoms with Crippen molar-refractivity contribution in [2.24, 2.45) is 0 Å². The first kappa shape index (κ1) is 12.1. The second-order valence-corrected chi connectivity index (χ2v) is 3.30. The number of hydrogen-bond acceptors (Lipinski definition) is 3. The van der Waals surface area contributed by atoms with Gasteiger partial charge in [-0.15, -0.1) is 0 Å². The van der Waals surface area contributed by atoms with Crippen molar-refractivity contribution < 1.29 is 9.59 Å². The molecule has 0 bridgehead atoms. The Kier molecular flexibility index (Phi) is 3.93. The molecule has 1 aromatic heterocycles. The molecule has 6 heteroatoms. The number of amides is 2. The van der Waals surface area contributed by atoms with Gasteiger partial charge >= 0.3 is 0 Å². The van der Waals surface area contributed by atoms with Gasteiger partial charge in [0.2, 0.25) is 5.91 Å². The number of carbonyl (C=O) groups excluding carboxylic acids is 2. The summed E-state index contributed by atoms with van der Waals surface area (Å²) in [6.07, 6.45) is 1.69. The minimum absolute atomic E-state index is 0.0376. The van der Waals surface area contributed by atoms with Crippen LogP contribution in [0.5, 0.6) is 0 Å². The van der Waals surface area contributed by atoms with Crippen LogP contribution in [0, 0.1) is 0 Å². The van der Waals surface area contributed by atoms with Crippen molar-refractivity contribution >= 4 is 17.5 Å². The Labute approximate surface area is 93.8 Å². The Hall–Kier alpha value is -1.98. The average Bonchev–Trinajstić information content (AvgIpc) is 2.66. The lowest BCUT2D eigenvalue weighted by molar-refractivity contribution is -0.119. The van der Waals surface area contributed by atoms with Gasteiger partial charge in [0.25, 0.3) is 5.91 Å². The smallest absolute Gasteiger partial charge is 0.268 e. The SMILES string of the molecule is CCn1cc(N)cc1C(=O)NCC(=O)NC. The molecule has 0 fully saturated rings. The number of anilines is 1. The molecule has 0 aliphatic heterocycles. The molecule has 16 heavy (non-hydrogen) atoms. The number of carbonyl (C=O) groups is 2. The predicted octanol–water partition coefficient (Wildman–Crippen LogP) is -0.434. The minimum Gasteiger partial charge on any atom is -0.397 e. The van der Waals surface area contributed by atoms with Gasteiger partial charge in [-0.3, -0.25) is 9.59 Å². The van der Waals surface area contributed by atoms with Crippen LogP contribution in [-0.2, 0) is 11.3 Å². The molecule has 0 saturated carbocycles. The molecule has 0 atom stereocenters. The molecule has 1 rings (SSSR count). The molecule has 0 unspecified atom stereocenters. The first-order chi connectivity index (χ1) is 7.58. The van der Waals surface area contributed by atoms with Crippen molar-refractivity contribution in [3.05, 3.63) is 18.0 Å². The molecular weight excluding hydrogens is 208 g/mol. The highest BCUT2D eigenvalue weighted by Gasteiger charge is 2.12. The van der Waals surface area contributed by atoms with E-state index in [2.05, 4.69) is 10.6 Å². The zero-order chi connectivity index (χ0) is 12.1. The van der Waals surface area contributed by atoms with E-state index >= 15 is 0 Å². The number of rotatable bonds is 4. The fraction of sp³-hybridized carbons (Fsp3) is 0.400. The Morgan fingerprint density at radius 2 is 2.19 bits per heavy atom. The molecule has 4 N–H and O–H groups in total. The predicted molar refractivity (Wildman–Crippen MR) is 60.9 cm³/mol. The maximum absolute atomic E-state index is 11.7. The molecule has 0 aromatic carbocycles. The third kappa shape index (κ3) is 2.75. The van der Waals surface area contributed by atoms with Gasteiger partial charge in [0.05, 0.1) is 12.2 Å². The third-order valence-corrected chi connectivity index (χ3v) is 2.18. The topological polar surface area (TPSA) is 89.2 Å². The van der Waals surface area contributed by atoms with Crippen LogP contribution in [0.15, 0.2) is 12.3 Å². The summed E-state index contributed by atoms with van der Waals surface area (Å²) in [5, 5.41) is 4.93. The number of nitrogen functional groups attached to an aromatic ring is 1. The van der Waals surface area contributed by atoms with Crippen LogP contribution in [0.4, 0.5) is 5.69 Å². The molecule has 1 aromatic rings. The number of hydrogen-bond donors (Lipinski definition) is 3. The van der Waals surface area contributed by atoms with Crippen LogP contribution in [0.3, 0.4) is 0 Å². The molecule has 0 spiro atoms. The third-order valence-electron chi connectivity index (χ3n) is 2.18. The number of aryl methyl sites for hydroxylation is 1. The van der Waals surface area contributed by atoms with E-state index in [1.165, 1.54) is 7.05 Å². The summed E-state index contributed by atoms with van der Waals surface area (Å²) in [5.74, 6) is -0.543. The summed E-state index contributed by atoms with van der Waals surface area (Å²) in [6.45, 7) is 2.53. The van der Waals surface area contributed by atoms with Crippen LogP contribution in [0.1, 0.15) is 17.4 Å². The fourth-order valence-electron chi connectivity index (χ4n) is 1.32. The van der Waals surface area contributed by atoms with E-state index in [1.54, 1.807) is 16.8 Å². The molecule has 0 radical (unpaired) electrons. The van der Waals surface area contributed by atoms with Crippen LogP contribution in [0.2, 0.25) is 0 Å². The van der Waals surface area contributed by atoms with E-state index in [1.807, 2.05) is 6.92 Å². The van der Waals surface area contributed by atoms with Crippen molar-refractivity contribution in [3.8, 4) is 0 Å². The molecular formula is C10H16N4O2. The molecule has 88 valence electrons. The Morgan fingerprint density at radius 1 is 1.50 bits per heavy atom. The highest BCUT2D eigenvalue weighted by molar-refractivity contribution is 5.96. The summed E-state index contributed by atoms with van der Waals surface area (Å²) in [5.41, 5.74) is 6.59. The van der Waals surface area contributed by atoms with Crippen LogP contribution >= 0.6 is 0 Å². The number of aromatic nitrogens is 1. The summed E-state index contributed by atoms with van der Waals surface area (Å²) in [6, 6.07) is 1.59. The van der Waals surface area contributed by atoms with Gasteiger partial charge in [0.1, 0.15) is 5.69 Å². The first-order valence-corrected chi connectivity index (χ1v) is 5.03. The van der Waals surface area contributed by atoms with Gasteiger partial charge < -0.3 is 20.9 Å². The second kappa shape index (κ2) is 5.20. The van der Waals surface area contributed by atoms with Gasteiger partial charge in [-0.25, -0.2) is 0 Å². The summed E-state index contributed by atoms with van der Waals surface area (Å²) in [4.78, 5) is 22.6. The minimum atomic E-state index is -0.304. The van der Waals surface area contributed by atoms with E-state index in [-0.39, 0.29) is 18.4 Å². The van der Waals surface area contributed by atoms with Gasteiger partial charge in [-0.05, 0) is 13.0 Å². The van der Waals surface area contributed by atoms with Crippen LogP contribution in [0.25, 0.3) is 0 Å². The molecule has 0 aliphatic rings. The largest absolute Gasteiger partial charge is 0.397 e. The molecule has 2 amide bonds. The molecule has 6 nitrogen and oxygen atoms in total. The summed E-state index contributed by atoms with van der Waals surface area (Å²) >= 11 is 0. The molecule has 0 saturated heterocycles. The van der Waals surface area contributed by atoms with Gasteiger partial charge in [-0.1, -0.05) is 0 Å². The zero-order valence-electron chi connectivity index (χ0n) is 9.41. The first-order valence-electron chi connectivity index (χ1n) is 5.03.